The molecule has 1 amide bonds. The Hall–Kier alpha value is -2.18. The first kappa shape index (κ1) is 19.1. The number of amides is 1. The molecular weight excluding hydrogens is 316 g/mol. The van der Waals surface area contributed by atoms with Crippen LogP contribution in [0.1, 0.15) is 22.5 Å². The van der Waals surface area contributed by atoms with Crippen molar-refractivity contribution in [1.82, 2.24) is 20.0 Å². The highest BCUT2D eigenvalue weighted by Crippen LogP contribution is 2.12. The fourth-order valence-corrected chi connectivity index (χ4v) is 2.82. The minimum Gasteiger partial charge on any atom is -0.383 e. The molecular formula is C19H28N4O2. The molecule has 0 atom stereocenters. The largest absolute Gasteiger partial charge is 0.383 e. The molecule has 6 nitrogen and oxygen atoms in total. The second-order valence-corrected chi connectivity index (χ2v) is 6.30. The van der Waals surface area contributed by atoms with Crippen LogP contribution >= 0.6 is 0 Å². The quantitative estimate of drug-likeness (QED) is 0.755. The van der Waals surface area contributed by atoms with Gasteiger partial charge in [-0.2, -0.15) is 5.10 Å². The van der Waals surface area contributed by atoms with Crippen LogP contribution < -0.4 is 5.32 Å². The van der Waals surface area contributed by atoms with E-state index < -0.39 is 0 Å². The van der Waals surface area contributed by atoms with Crippen molar-refractivity contribution >= 4 is 5.91 Å². The number of hydrogen-bond acceptors (Lipinski definition) is 4. The highest BCUT2D eigenvalue weighted by molar-refractivity contribution is 5.78. The van der Waals surface area contributed by atoms with Gasteiger partial charge in [-0.25, -0.2) is 0 Å². The van der Waals surface area contributed by atoms with E-state index in [1.54, 1.807) is 7.11 Å². The summed E-state index contributed by atoms with van der Waals surface area (Å²) in [5.74, 6) is 0.0156. The molecule has 2 aromatic rings. The van der Waals surface area contributed by atoms with Crippen molar-refractivity contribution in [1.29, 1.82) is 0 Å². The molecule has 0 saturated heterocycles. The van der Waals surface area contributed by atoms with Crippen LogP contribution in [0.15, 0.2) is 30.3 Å². The summed E-state index contributed by atoms with van der Waals surface area (Å²) in [6, 6.07) is 10.1. The minimum atomic E-state index is 0.0156. The molecule has 0 unspecified atom stereocenters. The van der Waals surface area contributed by atoms with Crippen LogP contribution in [0.25, 0.3) is 0 Å². The van der Waals surface area contributed by atoms with Crippen molar-refractivity contribution < 1.29 is 9.53 Å². The number of likely N-dealkylation sites (N-methyl/N-ethyl adjacent to an activating group) is 1. The molecule has 0 spiro atoms. The summed E-state index contributed by atoms with van der Waals surface area (Å²) >= 11 is 0. The number of aromatic nitrogens is 2. The van der Waals surface area contributed by atoms with Gasteiger partial charge in [0.05, 0.1) is 25.4 Å². The smallest absolute Gasteiger partial charge is 0.234 e. The minimum absolute atomic E-state index is 0.0156. The van der Waals surface area contributed by atoms with Crippen molar-refractivity contribution in [2.24, 2.45) is 0 Å². The Morgan fingerprint density at radius 2 is 2.00 bits per heavy atom. The number of carbonyl (C=O) groups is 1. The number of nitrogens with one attached hydrogen (secondary N) is 1. The van der Waals surface area contributed by atoms with Crippen LogP contribution in [0, 0.1) is 13.8 Å². The lowest BCUT2D eigenvalue weighted by molar-refractivity contribution is -0.122. The number of rotatable bonds is 9. The van der Waals surface area contributed by atoms with Gasteiger partial charge in [-0.05, 0) is 26.5 Å². The van der Waals surface area contributed by atoms with E-state index in [9.17, 15) is 4.79 Å². The standard InChI is InChI=1S/C19H28N4O2/c1-15-18(16(2)23(21-15)10-11-25-4)12-20-19(24)14-22(3)13-17-8-6-5-7-9-17/h5-9H,10-14H2,1-4H3,(H,20,24). The Bertz CT molecular complexity index is 682. The number of carbonyl (C=O) groups excluding carboxylic acids is 1. The van der Waals surface area contributed by atoms with E-state index in [-0.39, 0.29) is 5.91 Å². The van der Waals surface area contributed by atoms with Crippen molar-refractivity contribution in [2.75, 3.05) is 27.3 Å². The van der Waals surface area contributed by atoms with E-state index in [0.717, 1.165) is 30.0 Å². The van der Waals surface area contributed by atoms with Gasteiger partial charge in [0.15, 0.2) is 0 Å². The molecule has 0 saturated carbocycles. The lowest BCUT2D eigenvalue weighted by Crippen LogP contribution is -2.34. The van der Waals surface area contributed by atoms with Gasteiger partial charge in [-0.1, -0.05) is 30.3 Å². The lowest BCUT2D eigenvalue weighted by atomic mass is 10.2. The molecule has 1 N–H and O–H groups in total. The lowest BCUT2D eigenvalue weighted by Gasteiger charge is -2.16. The number of hydrogen-bond donors (Lipinski definition) is 1. The Morgan fingerprint density at radius 1 is 1.28 bits per heavy atom. The van der Waals surface area contributed by atoms with Crippen LogP contribution in [-0.4, -0.2) is 47.9 Å². The van der Waals surface area contributed by atoms with Gasteiger partial charge in [-0.3, -0.25) is 14.4 Å². The predicted octanol–water partition coefficient (Wildman–Crippen LogP) is 1.89. The molecule has 0 fully saturated rings. The van der Waals surface area contributed by atoms with E-state index in [1.165, 1.54) is 5.56 Å². The molecule has 136 valence electrons. The second-order valence-electron chi connectivity index (χ2n) is 6.30. The third-order valence-corrected chi connectivity index (χ3v) is 4.21. The summed E-state index contributed by atoms with van der Waals surface area (Å²) in [4.78, 5) is 14.2. The number of methoxy groups -OCH3 is 1. The molecule has 0 bridgehead atoms. The van der Waals surface area contributed by atoms with Gasteiger partial charge in [0.2, 0.25) is 5.91 Å². The molecule has 2 rings (SSSR count). The SMILES string of the molecule is COCCn1nc(C)c(CNC(=O)CN(C)Cc2ccccc2)c1C. The summed E-state index contributed by atoms with van der Waals surface area (Å²) < 4.78 is 7.04. The summed E-state index contributed by atoms with van der Waals surface area (Å²) in [5.41, 5.74) is 4.30. The van der Waals surface area contributed by atoms with Gasteiger partial charge in [0, 0.05) is 31.5 Å². The average molecular weight is 344 g/mol. The highest BCUT2D eigenvalue weighted by atomic mass is 16.5. The van der Waals surface area contributed by atoms with Crippen molar-refractivity contribution in [3.63, 3.8) is 0 Å². The summed E-state index contributed by atoms with van der Waals surface area (Å²) in [6.07, 6.45) is 0. The topological polar surface area (TPSA) is 59.4 Å². The van der Waals surface area contributed by atoms with E-state index >= 15 is 0 Å². The van der Waals surface area contributed by atoms with Crippen LogP contribution in [0.5, 0.6) is 0 Å². The maximum Gasteiger partial charge on any atom is 0.234 e. The van der Waals surface area contributed by atoms with Crippen LogP contribution in [0.2, 0.25) is 0 Å². The highest BCUT2D eigenvalue weighted by Gasteiger charge is 2.13. The van der Waals surface area contributed by atoms with Crippen molar-refractivity contribution in [2.45, 2.75) is 33.5 Å². The zero-order chi connectivity index (χ0) is 18.2. The Balaban J connectivity index is 1.84. The fraction of sp³-hybridized carbons (Fsp3) is 0.474. The van der Waals surface area contributed by atoms with E-state index in [0.29, 0.717) is 19.7 Å². The van der Waals surface area contributed by atoms with E-state index in [1.807, 2.05) is 48.7 Å². The zero-order valence-electron chi connectivity index (χ0n) is 15.6. The summed E-state index contributed by atoms with van der Waals surface area (Å²) in [6.45, 7) is 6.96. The molecule has 0 aliphatic carbocycles. The summed E-state index contributed by atoms with van der Waals surface area (Å²) in [5, 5.41) is 7.52. The van der Waals surface area contributed by atoms with Crippen LogP contribution in [0.3, 0.4) is 0 Å². The van der Waals surface area contributed by atoms with Gasteiger partial charge < -0.3 is 10.1 Å². The maximum atomic E-state index is 12.2. The van der Waals surface area contributed by atoms with Gasteiger partial charge in [0.25, 0.3) is 0 Å². The van der Waals surface area contributed by atoms with Crippen LogP contribution in [0.4, 0.5) is 0 Å². The average Bonchev–Trinajstić information content (AvgIpc) is 2.85. The first-order valence-electron chi connectivity index (χ1n) is 8.52. The first-order valence-corrected chi connectivity index (χ1v) is 8.52. The van der Waals surface area contributed by atoms with Crippen molar-refractivity contribution in [3.8, 4) is 0 Å². The third kappa shape index (κ3) is 5.69. The van der Waals surface area contributed by atoms with E-state index in [4.69, 9.17) is 4.74 Å². The molecule has 1 heterocycles. The van der Waals surface area contributed by atoms with Crippen LogP contribution in [-0.2, 0) is 29.2 Å². The molecule has 1 aromatic heterocycles. The third-order valence-electron chi connectivity index (χ3n) is 4.21. The van der Waals surface area contributed by atoms with Crippen molar-refractivity contribution in [3.05, 3.63) is 52.8 Å². The predicted molar refractivity (Wildman–Crippen MR) is 98.2 cm³/mol. The second kappa shape index (κ2) is 9.34. The number of nitrogens with zero attached hydrogens (tertiary/aromatic N) is 3. The molecule has 0 aliphatic heterocycles. The first-order chi connectivity index (χ1) is 12.0. The van der Waals surface area contributed by atoms with E-state index in [2.05, 4.69) is 22.5 Å². The Labute approximate surface area is 149 Å². The summed E-state index contributed by atoms with van der Waals surface area (Å²) in [7, 11) is 3.63. The zero-order valence-corrected chi connectivity index (χ0v) is 15.6. The Morgan fingerprint density at radius 3 is 2.68 bits per heavy atom. The number of ether oxygens (including phenoxy) is 1. The molecule has 1 aromatic carbocycles. The molecule has 0 aliphatic rings. The fourth-order valence-electron chi connectivity index (χ4n) is 2.82. The normalized spacial score (nSPS) is 11.1. The Kier molecular flexibility index (Phi) is 7.16. The van der Waals surface area contributed by atoms with Gasteiger partial charge in [-0.15, -0.1) is 0 Å². The number of aryl methyl sites for hydroxylation is 1. The molecule has 25 heavy (non-hydrogen) atoms. The molecule has 0 radical (unpaired) electrons. The monoisotopic (exact) mass is 344 g/mol. The maximum absolute atomic E-state index is 12.2. The molecule has 6 heteroatoms. The van der Waals surface area contributed by atoms with Gasteiger partial charge >= 0.3 is 0 Å². The van der Waals surface area contributed by atoms with Gasteiger partial charge in [0.1, 0.15) is 0 Å². The number of benzene rings is 1.